The van der Waals surface area contributed by atoms with Crippen molar-refractivity contribution in [2.45, 2.75) is 27.0 Å². The van der Waals surface area contributed by atoms with Crippen molar-refractivity contribution in [1.82, 2.24) is 19.2 Å². The minimum Gasteiger partial charge on any atom is -0.479 e. The number of hydrogen-bond donors (Lipinski definition) is 0. The van der Waals surface area contributed by atoms with Crippen molar-refractivity contribution in [2.24, 2.45) is 0 Å². The number of nitro benzene ring substituents is 1. The molecule has 0 saturated heterocycles. The third-order valence-electron chi connectivity index (χ3n) is 4.56. The largest absolute Gasteiger partial charge is 0.479 e. The quantitative estimate of drug-likeness (QED) is 0.390. The predicted molar refractivity (Wildman–Crippen MR) is 103 cm³/mol. The molecule has 0 N–H and O–H groups in total. The Morgan fingerprint density at radius 3 is 2.71 bits per heavy atom. The number of fused-ring (bicyclic) bond motifs is 3. The Morgan fingerprint density at radius 2 is 1.96 bits per heavy atom. The third kappa shape index (κ3) is 2.77. The summed E-state index contributed by atoms with van der Waals surface area (Å²) in [5.74, 6) is 1.01. The molecule has 4 rings (SSSR count). The average Bonchev–Trinajstić information content (AvgIpc) is 3.11. The van der Waals surface area contributed by atoms with Crippen LogP contribution < -0.4 is 10.3 Å². The normalized spacial score (nSPS) is 11.2. The van der Waals surface area contributed by atoms with Crippen LogP contribution in [-0.2, 0) is 13.2 Å². The first kappa shape index (κ1) is 17.7. The van der Waals surface area contributed by atoms with E-state index in [1.54, 1.807) is 35.6 Å². The maximum atomic E-state index is 12.7. The van der Waals surface area contributed by atoms with Gasteiger partial charge in [0.15, 0.2) is 11.6 Å². The summed E-state index contributed by atoms with van der Waals surface area (Å²) in [6.07, 6.45) is 0. The first-order valence-corrected chi connectivity index (χ1v) is 8.74. The van der Waals surface area contributed by atoms with Crippen LogP contribution in [0, 0.1) is 17.0 Å². The van der Waals surface area contributed by atoms with Gasteiger partial charge in [-0.1, -0.05) is 18.2 Å². The molecule has 2 heterocycles. The van der Waals surface area contributed by atoms with E-state index in [4.69, 9.17) is 4.74 Å². The van der Waals surface area contributed by atoms with E-state index in [0.717, 1.165) is 5.56 Å². The summed E-state index contributed by atoms with van der Waals surface area (Å²) in [4.78, 5) is 23.5. The van der Waals surface area contributed by atoms with Gasteiger partial charge in [-0.3, -0.25) is 23.9 Å². The van der Waals surface area contributed by atoms with Gasteiger partial charge in [-0.2, -0.15) is 0 Å². The van der Waals surface area contributed by atoms with Gasteiger partial charge in [-0.05, 0) is 37.6 Å². The minimum absolute atomic E-state index is 0.0308. The molecule has 0 atom stereocenters. The van der Waals surface area contributed by atoms with Gasteiger partial charge in [0, 0.05) is 12.6 Å². The van der Waals surface area contributed by atoms with Gasteiger partial charge in [0.05, 0.1) is 15.8 Å². The highest BCUT2D eigenvalue weighted by Crippen LogP contribution is 2.28. The first-order chi connectivity index (χ1) is 13.5. The van der Waals surface area contributed by atoms with E-state index in [1.807, 2.05) is 19.1 Å². The summed E-state index contributed by atoms with van der Waals surface area (Å²) >= 11 is 0. The van der Waals surface area contributed by atoms with Gasteiger partial charge in [-0.15, -0.1) is 10.2 Å². The van der Waals surface area contributed by atoms with Gasteiger partial charge >= 0.3 is 5.69 Å². The number of ether oxygens (including phenoxy) is 1. The second-order valence-corrected chi connectivity index (χ2v) is 6.34. The van der Waals surface area contributed by atoms with Gasteiger partial charge in [0.2, 0.25) is 5.78 Å². The van der Waals surface area contributed by atoms with Gasteiger partial charge in [0.1, 0.15) is 6.61 Å². The van der Waals surface area contributed by atoms with E-state index in [2.05, 4.69) is 10.2 Å². The molecule has 0 aliphatic carbocycles. The van der Waals surface area contributed by atoms with Crippen LogP contribution in [0.4, 0.5) is 5.69 Å². The van der Waals surface area contributed by atoms with Crippen LogP contribution in [0.5, 0.6) is 5.75 Å². The van der Waals surface area contributed by atoms with Crippen LogP contribution in [0.2, 0.25) is 0 Å². The molecule has 0 aliphatic heterocycles. The Balaban J connectivity index is 1.82. The topological polar surface area (TPSA) is 105 Å². The maximum Gasteiger partial charge on any atom is 0.311 e. The van der Waals surface area contributed by atoms with Gasteiger partial charge in [-0.25, -0.2) is 0 Å². The van der Waals surface area contributed by atoms with Crippen molar-refractivity contribution in [2.75, 3.05) is 0 Å². The molecule has 0 saturated carbocycles. The fraction of sp³-hybridized carbons (Fsp3) is 0.211. The van der Waals surface area contributed by atoms with Crippen molar-refractivity contribution in [3.8, 4) is 5.75 Å². The fourth-order valence-corrected chi connectivity index (χ4v) is 3.23. The van der Waals surface area contributed by atoms with Crippen LogP contribution in [0.3, 0.4) is 0 Å². The molecule has 9 heteroatoms. The van der Waals surface area contributed by atoms with Crippen molar-refractivity contribution in [3.63, 3.8) is 0 Å². The molecular formula is C19H17N5O4. The SMILES string of the molecule is CCn1c(=O)c2ccccc2n2c(COc3ccc(C)cc3[N+](=O)[O-])nnc12. The minimum atomic E-state index is -0.478. The summed E-state index contributed by atoms with van der Waals surface area (Å²) in [7, 11) is 0. The average molecular weight is 379 g/mol. The lowest BCUT2D eigenvalue weighted by Crippen LogP contribution is -2.22. The highest BCUT2D eigenvalue weighted by Gasteiger charge is 2.19. The molecule has 9 nitrogen and oxygen atoms in total. The lowest BCUT2D eigenvalue weighted by molar-refractivity contribution is -0.386. The van der Waals surface area contributed by atoms with E-state index in [-0.39, 0.29) is 23.6 Å². The van der Waals surface area contributed by atoms with E-state index in [1.165, 1.54) is 10.6 Å². The van der Waals surface area contributed by atoms with E-state index in [0.29, 0.717) is 29.0 Å². The molecule has 4 aromatic rings. The molecule has 0 aliphatic rings. The highest BCUT2D eigenvalue weighted by atomic mass is 16.6. The smallest absolute Gasteiger partial charge is 0.311 e. The second kappa shape index (κ2) is 6.76. The first-order valence-electron chi connectivity index (χ1n) is 8.74. The predicted octanol–water partition coefficient (Wildman–Crippen LogP) is 2.86. The molecule has 142 valence electrons. The van der Waals surface area contributed by atoms with Crippen molar-refractivity contribution >= 4 is 22.4 Å². The number of aryl methyl sites for hydroxylation is 2. The summed E-state index contributed by atoms with van der Waals surface area (Å²) in [5, 5.41) is 20.1. The number of hydrogen-bond acceptors (Lipinski definition) is 6. The lowest BCUT2D eigenvalue weighted by atomic mass is 10.2. The third-order valence-corrected chi connectivity index (χ3v) is 4.56. The molecular weight excluding hydrogens is 362 g/mol. The van der Waals surface area contributed by atoms with Crippen molar-refractivity contribution in [1.29, 1.82) is 0 Å². The Kier molecular flexibility index (Phi) is 4.26. The summed E-state index contributed by atoms with van der Waals surface area (Å²) in [6.45, 7) is 4.04. The summed E-state index contributed by atoms with van der Waals surface area (Å²) in [5.41, 5.74) is 1.18. The van der Waals surface area contributed by atoms with Crippen LogP contribution in [0.25, 0.3) is 16.7 Å². The number of para-hydroxylation sites is 1. The Morgan fingerprint density at radius 1 is 1.18 bits per heavy atom. The van der Waals surface area contributed by atoms with E-state index in [9.17, 15) is 14.9 Å². The molecule has 28 heavy (non-hydrogen) atoms. The Hall–Kier alpha value is -3.75. The van der Waals surface area contributed by atoms with Gasteiger partial charge < -0.3 is 4.74 Å². The zero-order valence-electron chi connectivity index (χ0n) is 15.3. The molecule has 0 radical (unpaired) electrons. The fourth-order valence-electron chi connectivity index (χ4n) is 3.23. The van der Waals surface area contributed by atoms with E-state index >= 15 is 0 Å². The molecule has 0 spiro atoms. The van der Waals surface area contributed by atoms with Crippen molar-refractivity contribution in [3.05, 3.63) is 74.3 Å². The maximum absolute atomic E-state index is 12.7. The molecule has 2 aromatic carbocycles. The molecule has 2 aromatic heterocycles. The number of aromatic nitrogens is 4. The monoisotopic (exact) mass is 379 g/mol. The number of nitro groups is 1. The highest BCUT2D eigenvalue weighted by molar-refractivity contribution is 5.80. The second-order valence-electron chi connectivity index (χ2n) is 6.34. The molecule has 0 amide bonds. The number of rotatable bonds is 5. The lowest BCUT2D eigenvalue weighted by Gasteiger charge is -2.10. The molecule has 0 fully saturated rings. The van der Waals surface area contributed by atoms with E-state index < -0.39 is 4.92 Å². The molecule has 0 unspecified atom stereocenters. The summed E-state index contributed by atoms with van der Waals surface area (Å²) in [6, 6.07) is 12.0. The van der Waals surface area contributed by atoms with Crippen LogP contribution >= 0.6 is 0 Å². The van der Waals surface area contributed by atoms with Crippen LogP contribution in [-0.4, -0.2) is 24.1 Å². The standard InChI is InChI=1S/C19H17N5O4/c1-3-22-18(25)13-6-4-5-7-14(13)23-17(20-21-19(22)23)11-28-16-9-8-12(2)10-15(16)24(26)27/h4-10H,3,11H2,1-2H3. The van der Waals surface area contributed by atoms with Crippen molar-refractivity contribution < 1.29 is 9.66 Å². The van der Waals surface area contributed by atoms with Gasteiger partial charge in [0.25, 0.3) is 5.56 Å². The van der Waals surface area contributed by atoms with Crippen LogP contribution in [0.1, 0.15) is 18.3 Å². The Bertz CT molecular complexity index is 1270. The zero-order valence-corrected chi connectivity index (χ0v) is 15.3. The number of nitrogens with zero attached hydrogens (tertiary/aromatic N) is 5. The Labute approximate surface area is 159 Å². The zero-order chi connectivity index (χ0) is 19.8. The molecule has 0 bridgehead atoms. The van der Waals surface area contributed by atoms with Crippen LogP contribution in [0.15, 0.2) is 47.3 Å². The summed E-state index contributed by atoms with van der Waals surface area (Å²) < 4.78 is 8.99. The number of benzene rings is 2.